The Balaban J connectivity index is 1.77. The van der Waals surface area contributed by atoms with Gasteiger partial charge in [0.05, 0.1) is 16.6 Å². The van der Waals surface area contributed by atoms with Crippen LogP contribution in [-0.2, 0) is 0 Å². The second-order valence-electron chi connectivity index (χ2n) is 7.02. The summed E-state index contributed by atoms with van der Waals surface area (Å²) >= 11 is 0. The largest absolute Gasteiger partial charge is 0.333 e. The standard InChI is InChI=1S/C26H16N2O2/c1-2-17-8-3-5-11-20(17)19-14-15-22-23(16-19)27-26(30)28(25(22)29)24-13-7-10-18-9-4-6-12-21(18)24/h1,3-16H,(H,27,30). The Bertz CT molecular complexity index is 1590. The molecule has 1 N–H and O–H groups in total. The highest BCUT2D eigenvalue weighted by Crippen LogP contribution is 2.26. The maximum absolute atomic E-state index is 13.3. The molecule has 4 heteroatoms. The van der Waals surface area contributed by atoms with Gasteiger partial charge in [-0.1, -0.05) is 66.6 Å². The maximum atomic E-state index is 13.3. The number of benzene rings is 4. The van der Waals surface area contributed by atoms with Crippen LogP contribution in [0.25, 0.3) is 38.5 Å². The quantitative estimate of drug-likeness (QED) is 0.453. The molecule has 0 aliphatic heterocycles. The topological polar surface area (TPSA) is 54.9 Å². The molecule has 0 aliphatic rings. The number of nitrogens with zero attached hydrogens (tertiary/aromatic N) is 1. The molecule has 0 radical (unpaired) electrons. The zero-order valence-corrected chi connectivity index (χ0v) is 15.9. The summed E-state index contributed by atoms with van der Waals surface area (Å²) in [7, 11) is 0. The lowest BCUT2D eigenvalue weighted by Gasteiger charge is -2.11. The number of aromatic amines is 1. The molecule has 5 rings (SSSR count). The van der Waals surface area contributed by atoms with E-state index in [0.717, 1.165) is 27.5 Å². The number of fused-ring (bicyclic) bond motifs is 2. The van der Waals surface area contributed by atoms with Crippen molar-refractivity contribution in [1.29, 1.82) is 0 Å². The van der Waals surface area contributed by atoms with Crippen molar-refractivity contribution in [3.05, 3.63) is 111 Å². The summed E-state index contributed by atoms with van der Waals surface area (Å²) in [5, 5.41) is 2.23. The highest BCUT2D eigenvalue weighted by atomic mass is 16.2. The van der Waals surface area contributed by atoms with Crippen LogP contribution < -0.4 is 11.2 Å². The Morgan fingerprint density at radius 3 is 2.43 bits per heavy atom. The highest BCUT2D eigenvalue weighted by molar-refractivity contribution is 5.91. The SMILES string of the molecule is C#Cc1ccccc1-c1ccc2c(=O)n(-c3cccc4ccccc34)c(=O)[nH]c2c1. The van der Waals surface area contributed by atoms with Crippen LogP contribution >= 0.6 is 0 Å². The summed E-state index contributed by atoms with van der Waals surface area (Å²) in [6.07, 6.45) is 5.62. The van der Waals surface area contributed by atoms with Crippen molar-refractivity contribution in [1.82, 2.24) is 9.55 Å². The molecular weight excluding hydrogens is 372 g/mol. The lowest BCUT2D eigenvalue weighted by Crippen LogP contribution is -2.33. The average Bonchev–Trinajstić information content (AvgIpc) is 2.79. The van der Waals surface area contributed by atoms with Crippen LogP contribution in [0, 0.1) is 12.3 Å². The predicted octanol–water partition coefficient (Wildman–Crippen LogP) is 4.48. The van der Waals surface area contributed by atoms with Crippen LogP contribution in [0.3, 0.4) is 0 Å². The van der Waals surface area contributed by atoms with Gasteiger partial charge in [0.1, 0.15) is 0 Å². The number of H-pyrrole nitrogens is 1. The minimum absolute atomic E-state index is 0.359. The van der Waals surface area contributed by atoms with E-state index in [2.05, 4.69) is 10.9 Å². The van der Waals surface area contributed by atoms with Crippen molar-refractivity contribution in [2.75, 3.05) is 0 Å². The Morgan fingerprint density at radius 2 is 1.57 bits per heavy atom. The smallest absolute Gasteiger partial charge is 0.306 e. The van der Waals surface area contributed by atoms with E-state index >= 15 is 0 Å². The number of nitrogens with one attached hydrogen (secondary N) is 1. The van der Waals surface area contributed by atoms with E-state index in [-0.39, 0.29) is 5.56 Å². The summed E-state index contributed by atoms with van der Waals surface area (Å²) in [5.41, 5.74) is 2.67. The Morgan fingerprint density at radius 1 is 0.800 bits per heavy atom. The van der Waals surface area contributed by atoms with Crippen LogP contribution in [-0.4, -0.2) is 9.55 Å². The molecule has 0 amide bonds. The van der Waals surface area contributed by atoms with Gasteiger partial charge in [-0.2, -0.15) is 0 Å². The number of aromatic nitrogens is 2. The van der Waals surface area contributed by atoms with Crippen molar-refractivity contribution < 1.29 is 0 Å². The summed E-state index contributed by atoms with van der Waals surface area (Å²) in [6, 6.07) is 26.2. The lowest BCUT2D eigenvalue weighted by atomic mass is 9.99. The summed E-state index contributed by atoms with van der Waals surface area (Å²) in [4.78, 5) is 29.1. The molecule has 5 aromatic rings. The van der Waals surface area contributed by atoms with Crippen LogP contribution in [0.1, 0.15) is 5.56 Å². The van der Waals surface area contributed by atoms with Gasteiger partial charge in [0.15, 0.2) is 0 Å². The van der Waals surface area contributed by atoms with Crippen molar-refractivity contribution in [2.45, 2.75) is 0 Å². The third kappa shape index (κ3) is 2.73. The van der Waals surface area contributed by atoms with Gasteiger partial charge in [-0.15, -0.1) is 6.42 Å². The molecule has 0 fully saturated rings. The number of hydrogen-bond acceptors (Lipinski definition) is 2. The Labute approximate surface area is 172 Å². The molecule has 0 bridgehead atoms. The third-order valence-electron chi connectivity index (χ3n) is 5.30. The Kier molecular flexibility index (Phi) is 4.08. The fourth-order valence-electron chi connectivity index (χ4n) is 3.87. The third-order valence-corrected chi connectivity index (χ3v) is 5.30. The van der Waals surface area contributed by atoms with E-state index < -0.39 is 5.69 Å². The fourth-order valence-corrected chi connectivity index (χ4v) is 3.87. The van der Waals surface area contributed by atoms with Crippen LogP contribution in [0.15, 0.2) is 94.5 Å². The van der Waals surface area contributed by atoms with Crippen molar-refractivity contribution >= 4 is 21.7 Å². The molecule has 0 atom stereocenters. The molecule has 1 heterocycles. The molecule has 0 saturated carbocycles. The first-order valence-electron chi connectivity index (χ1n) is 9.50. The molecule has 0 unspecified atom stereocenters. The first kappa shape index (κ1) is 17.7. The minimum Gasteiger partial charge on any atom is -0.306 e. The van der Waals surface area contributed by atoms with Gasteiger partial charge >= 0.3 is 5.69 Å². The second kappa shape index (κ2) is 6.91. The zero-order valence-electron chi connectivity index (χ0n) is 15.9. The molecular formula is C26H16N2O2. The fraction of sp³-hybridized carbons (Fsp3) is 0. The molecule has 4 aromatic carbocycles. The molecule has 1 aromatic heterocycles. The van der Waals surface area contributed by atoms with E-state index in [1.165, 1.54) is 4.57 Å². The summed E-state index contributed by atoms with van der Waals surface area (Å²) in [6.45, 7) is 0. The monoisotopic (exact) mass is 388 g/mol. The second-order valence-corrected chi connectivity index (χ2v) is 7.02. The minimum atomic E-state index is -0.480. The van der Waals surface area contributed by atoms with Gasteiger partial charge < -0.3 is 4.98 Å². The van der Waals surface area contributed by atoms with Gasteiger partial charge in [-0.05, 0) is 40.8 Å². The van der Waals surface area contributed by atoms with Crippen molar-refractivity contribution in [3.63, 3.8) is 0 Å². The van der Waals surface area contributed by atoms with Gasteiger partial charge in [-0.25, -0.2) is 9.36 Å². The molecule has 0 spiro atoms. The van der Waals surface area contributed by atoms with Crippen LogP contribution in [0.4, 0.5) is 0 Å². The van der Waals surface area contributed by atoms with Crippen LogP contribution in [0.5, 0.6) is 0 Å². The number of rotatable bonds is 2. The van der Waals surface area contributed by atoms with Crippen molar-refractivity contribution in [3.8, 4) is 29.2 Å². The van der Waals surface area contributed by atoms with Crippen molar-refractivity contribution in [2.24, 2.45) is 0 Å². The maximum Gasteiger partial charge on any atom is 0.333 e. The summed E-state index contributed by atoms with van der Waals surface area (Å²) in [5.74, 6) is 2.67. The first-order chi connectivity index (χ1) is 14.7. The van der Waals surface area contributed by atoms with E-state index in [1.807, 2.05) is 66.7 Å². The van der Waals surface area contributed by atoms with E-state index in [9.17, 15) is 9.59 Å². The highest BCUT2D eigenvalue weighted by Gasteiger charge is 2.13. The summed E-state index contributed by atoms with van der Waals surface area (Å²) < 4.78 is 1.19. The molecule has 0 aliphatic carbocycles. The zero-order chi connectivity index (χ0) is 20.7. The Hall–Kier alpha value is -4.36. The number of hydrogen-bond donors (Lipinski definition) is 1. The van der Waals surface area contributed by atoms with E-state index in [4.69, 9.17) is 6.42 Å². The van der Waals surface area contributed by atoms with Gasteiger partial charge in [0.25, 0.3) is 5.56 Å². The number of terminal acetylenes is 1. The molecule has 30 heavy (non-hydrogen) atoms. The molecule has 4 nitrogen and oxygen atoms in total. The van der Waals surface area contributed by atoms with Gasteiger partial charge in [0.2, 0.25) is 0 Å². The predicted molar refractivity (Wildman–Crippen MR) is 121 cm³/mol. The van der Waals surface area contributed by atoms with E-state index in [1.54, 1.807) is 18.2 Å². The molecule has 0 saturated heterocycles. The first-order valence-corrected chi connectivity index (χ1v) is 9.50. The average molecular weight is 388 g/mol. The van der Waals surface area contributed by atoms with Gasteiger partial charge in [0, 0.05) is 10.9 Å². The van der Waals surface area contributed by atoms with Gasteiger partial charge in [-0.3, -0.25) is 4.79 Å². The van der Waals surface area contributed by atoms with Crippen LogP contribution in [0.2, 0.25) is 0 Å². The van der Waals surface area contributed by atoms with E-state index in [0.29, 0.717) is 16.6 Å². The molecule has 142 valence electrons. The normalized spacial score (nSPS) is 10.9. The lowest BCUT2D eigenvalue weighted by molar-refractivity contribution is 0.908.